The largest absolute Gasteiger partial charge is 0.378 e. The molecular formula is C24H21FN4O2. The van der Waals surface area contributed by atoms with E-state index >= 15 is 0 Å². The lowest BCUT2D eigenvalue weighted by molar-refractivity contribution is 0.102. The first-order valence-corrected chi connectivity index (χ1v) is 9.75. The van der Waals surface area contributed by atoms with Gasteiger partial charge in [0.25, 0.3) is 11.5 Å². The Hall–Kier alpha value is -4.00. The summed E-state index contributed by atoms with van der Waals surface area (Å²) in [6.07, 6.45) is 1.56. The molecule has 2 heterocycles. The predicted molar refractivity (Wildman–Crippen MR) is 120 cm³/mol. The van der Waals surface area contributed by atoms with E-state index in [1.54, 1.807) is 48.7 Å². The van der Waals surface area contributed by atoms with Crippen LogP contribution in [0.1, 0.15) is 15.9 Å². The van der Waals surface area contributed by atoms with Crippen molar-refractivity contribution in [2.75, 3.05) is 24.3 Å². The van der Waals surface area contributed by atoms with Crippen molar-refractivity contribution < 1.29 is 9.18 Å². The molecule has 0 aliphatic heterocycles. The number of carbonyl (C=O) groups is 1. The number of amides is 1. The third kappa shape index (κ3) is 4.16. The van der Waals surface area contributed by atoms with Gasteiger partial charge >= 0.3 is 0 Å². The van der Waals surface area contributed by atoms with Crippen molar-refractivity contribution in [3.63, 3.8) is 0 Å². The van der Waals surface area contributed by atoms with Gasteiger partial charge in [-0.2, -0.15) is 0 Å². The lowest BCUT2D eigenvalue weighted by Crippen LogP contribution is -2.30. The number of rotatable bonds is 5. The van der Waals surface area contributed by atoms with Crippen LogP contribution >= 0.6 is 0 Å². The van der Waals surface area contributed by atoms with Crippen LogP contribution in [0.3, 0.4) is 0 Å². The Morgan fingerprint density at radius 2 is 1.81 bits per heavy atom. The molecule has 0 aliphatic carbocycles. The van der Waals surface area contributed by atoms with Crippen molar-refractivity contribution in [2.24, 2.45) is 0 Å². The van der Waals surface area contributed by atoms with E-state index in [0.29, 0.717) is 22.3 Å². The van der Waals surface area contributed by atoms with E-state index in [4.69, 9.17) is 0 Å². The second kappa shape index (κ2) is 8.39. The van der Waals surface area contributed by atoms with Crippen LogP contribution in [0.25, 0.3) is 11.0 Å². The lowest BCUT2D eigenvalue weighted by atomic mass is 10.1. The van der Waals surface area contributed by atoms with Crippen LogP contribution in [-0.4, -0.2) is 29.6 Å². The minimum Gasteiger partial charge on any atom is -0.378 e. The fourth-order valence-electron chi connectivity index (χ4n) is 3.35. The normalized spacial score (nSPS) is 10.8. The number of carbonyl (C=O) groups excluding carboxylic acids is 1. The van der Waals surface area contributed by atoms with Gasteiger partial charge in [-0.05, 0) is 48.5 Å². The van der Waals surface area contributed by atoms with E-state index in [2.05, 4.69) is 10.3 Å². The van der Waals surface area contributed by atoms with Gasteiger partial charge < -0.3 is 10.2 Å². The Bertz CT molecular complexity index is 1310. The Morgan fingerprint density at radius 3 is 2.52 bits per heavy atom. The number of nitrogens with zero attached hydrogens (tertiary/aromatic N) is 3. The number of fused-ring (bicyclic) bond motifs is 1. The van der Waals surface area contributed by atoms with Crippen LogP contribution in [0.4, 0.5) is 15.8 Å². The van der Waals surface area contributed by atoms with E-state index in [0.717, 1.165) is 5.69 Å². The highest BCUT2D eigenvalue weighted by molar-refractivity contribution is 6.05. The zero-order valence-electron chi connectivity index (χ0n) is 17.2. The Kier molecular flexibility index (Phi) is 5.49. The first-order valence-electron chi connectivity index (χ1n) is 9.75. The molecule has 1 amide bonds. The fraction of sp³-hybridized carbons (Fsp3) is 0.125. The van der Waals surface area contributed by atoms with Crippen LogP contribution in [0.2, 0.25) is 0 Å². The molecular weight excluding hydrogens is 395 g/mol. The molecule has 7 heteroatoms. The molecule has 0 fully saturated rings. The minimum atomic E-state index is -0.532. The summed E-state index contributed by atoms with van der Waals surface area (Å²) in [5.74, 6) is -0.954. The maximum Gasteiger partial charge on any atom is 0.265 e. The van der Waals surface area contributed by atoms with Crippen molar-refractivity contribution in [3.05, 3.63) is 100 Å². The zero-order chi connectivity index (χ0) is 22.0. The first kappa shape index (κ1) is 20.3. The molecule has 6 nitrogen and oxygen atoms in total. The highest BCUT2D eigenvalue weighted by Crippen LogP contribution is 2.18. The van der Waals surface area contributed by atoms with Crippen LogP contribution in [-0.2, 0) is 6.54 Å². The average molecular weight is 416 g/mol. The molecule has 31 heavy (non-hydrogen) atoms. The van der Waals surface area contributed by atoms with E-state index in [1.807, 2.05) is 31.1 Å². The molecule has 0 spiro atoms. The summed E-state index contributed by atoms with van der Waals surface area (Å²) in [7, 11) is 3.85. The predicted octanol–water partition coefficient (Wildman–Crippen LogP) is 3.90. The summed E-state index contributed by atoms with van der Waals surface area (Å²) in [6, 6.07) is 18.5. The van der Waals surface area contributed by atoms with Gasteiger partial charge in [-0.3, -0.25) is 14.2 Å². The summed E-state index contributed by atoms with van der Waals surface area (Å²) >= 11 is 0. The molecule has 0 saturated heterocycles. The number of halogens is 1. The van der Waals surface area contributed by atoms with E-state index in [9.17, 15) is 14.0 Å². The van der Waals surface area contributed by atoms with Gasteiger partial charge in [-0.25, -0.2) is 9.37 Å². The molecule has 0 aliphatic rings. The maximum absolute atomic E-state index is 14.2. The zero-order valence-corrected chi connectivity index (χ0v) is 17.2. The number of nitrogens with one attached hydrogen (secondary N) is 1. The van der Waals surface area contributed by atoms with Crippen molar-refractivity contribution >= 4 is 28.3 Å². The van der Waals surface area contributed by atoms with Gasteiger partial charge in [0.1, 0.15) is 17.0 Å². The number of pyridine rings is 2. The average Bonchev–Trinajstić information content (AvgIpc) is 2.77. The summed E-state index contributed by atoms with van der Waals surface area (Å²) in [5, 5.41) is 3.38. The molecule has 1 N–H and O–H groups in total. The molecule has 0 saturated carbocycles. The number of hydrogen-bond donors (Lipinski definition) is 1. The third-order valence-corrected chi connectivity index (χ3v) is 5.02. The molecule has 2 aromatic heterocycles. The van der Waals surface area contributed by atoms with Crippen LogP contribution < -0.4 is 15.8 Å². The van der Waals surface area contributed by atoms with Gasteiger partial charge in [0.2, 0.25) is 0 Å². The van der Waals surface area contributed by atoms with Gasteiger partial charge in [0.15, 0.2) is 0 Å². The molecule has 2 aromatic carbocycles. The fourth-order valence-corrected chi connectivity index (χ4v) is 3.35. The van der Waals surface area contributed by atoms with Gasteiger partial charge in [0, 0.05) is 42.6 Å². The minimum absolute atomic E-state index is 0.0301. The van der Waals surface area contributed by atoms with Gasteiger partial charge in [0.05, 0.1) is 6.54 Å². The number of aromatic nitrogens is 2. The van der Waals surface area contributed by atoms with Gasteiger partial charge in [-0.15, -0.1) is 0 Å². The first-order chi connectivity index (χ1) is 14.9. The van der Waals surface area contributed by atoms with Gasteiger partial charge in [-0.1, -0.05) is 18.2 Å². The number of benzene rings is 2. The molecule has 0 atom stereocenters. The number of hydrogen-bond acceptors (Lipinski definition) is 4. The molecule has 0 radical (unpaired) electrons. The SMILES string of the molecule is CN(C)c1ccc(NC(=O)c2cc3cccnc3n(Cc3ccccc3F)c2=O)cc1. The van der Waals surface area contributed by atoms with Crippen molar-refractivity contribution in [3.8, 4) is 0 Å². The van der Waals surface area contributed by atoms with Crippen molar-refractivity contribution in [2.45, 2.75) is 6.54 Å². The molecule has 0 unspecified atom stereocenters. The summed E-state index contributed by atoms with van der Waals surface area (Å²) in [6.45, 7) is -0.0301. The molecule has 4 aromatic rings. The summed E-state index contributed by atoms with van der Waals surface area (Å²) in [5.41, 5.74) is 1.73. The van der Waals surface area contributed by atoms with Crippen molar-refractivity contribution in [1.29, 1.82) is 0 Å². The molecule has 156 valence electrons. The Labute approximate surface area is 178 Å². The maximum atomic E-state index is 14.2. The van der Waals surface area contributed by atoms with Crippen LogP contribution in [0.15, 0.2) is 77.7 Å². The highest BCUT2D eigenvalue weighted by Gasteiger charge is 2.17. The van der Waals surface area contributed by atoms with Crippen molar-refractivity contribution in [1.82, 2.24) is 9.55 Å². The highest BCUT2D eigenvalue weighted by atomic mass is 19.1. The number of anilines is 2. The van der Waals surface area contributed by atoms with E-state index in [-0.39, 0.29) is 12.1 Å². The lowest BCUT2D eigenvalue weighted by Gasteiger charge is -2.14. The second-order valence-electron chi connectivity index (χ2n) is 7.35. The van der Waals surface area contributed by atoms with Crippen LogP contribution in [0.5, 0.6) is 0 Å². The summed E-state index contributed by atoms with van der Waals surface area (Å²) < 4.78 is 15.6. The second-order valence-corrected chi connectivity index (χ2v) is 7.35. The Morgan fingerprint density at radius 1 is 1.06 bits per heavy atom. The monoisotopic (exact) mass is 416 g/mol. The quantitative estimate of drug-likeness (QED) is 0.536. The van der Waals surface area contributed by atoms with E-state index < -0.39 is 17.3 Å². The topological polar surface area (TPSA) is 67.2 Å². The van der Waals surface area contributed by atoms with E-state index in [1.165, 1.54) is 16.7 Å². The standard InChI is InChI=1S/C24H21FN4O2/c1-28(2)19-11-9-18(10-12-19)27-23(30)20-14-16-7-5-13-26-22(16)29(24(20)31)15-17-6-3-4-8-21(17)25/h3-14H,15H2,1-2H3,(H,27,30). The smallest absolute Gasteiger partial charge is 0.265 e. The van der Waals surface area contributed by atoms with Crippen LogP contribution in [0, 0.1) is 5.82 Å². The summed E-state index contributed by atoms with van der Waals surface area (Å²) in [4.78, 5) is 32.4. The molecule has 0 bridgehead atoms. The Balaban J connectivity index is 1.74. The molecule has 4 rings (SSSR count). The third-order valence-electron chi connectivity index (χ3n) is 5.02.